The zero-order valence-electron chi connectivity index (χ0n) is 12.6. The van der Waals surface area contributed by atoms with Crippen LogP contribution in [0.4, 0.5) is 0 Å². The summed E-state index contributed by atoms with van der Waals surface area (Å²) < 4.78 is 1.81. The van der Waals surface area contributed by atoms with Gasteiger partial charge in [-0.15, -0.1) is 0 Å². The summed E-state index contributed by atoms with van der Waals surface area (Å²) in [6.45, 7) is 4.63. The van der Waals surface area contributed by atoms with Crippen molar-refractivity contribution in [1.29, 1.82) is 0 Å². The van der Waals surface area contributed by atoms with Crippen molar-refractivity contribution in [2.45, 2.75) is 45.1 Å². The second-order valence-corrected chi connectivity index (χ2v) is 5.69. The number of hydrogen-bond donors (Lipinski definition) is 1. The van der Waals surface area contributed by atoms with Gasteiger partial charge in [0.05, 0.1) is 12.2 Å². The van der Waals surface area contributed by atoms with Gasteiger partial charge < -0.3 is 10.2 Å². The molecule has 1 atom stereocenters. The van der Waals surface area contributed by atoms with E-state index in [-0.39, 0.29) is 11.9 Å². The lowest BCUT2D eigenvalue weighted by Gasteiger charge is -2.24. The van der Waals surface area contributed by atoms with Crippen molar-refractivity contribution in [2.75, 3.05) is 19.6 Å². The normalized spacial score (nSPS) is 17.8. The quantitative estimate of drug-likeness (QED) is 0.884. The molecule has 0 spiro atoms. The fraction of sp³-hybridized carbons (Fsp3) is 0.733. The minimum Gasteiger partial charge on any atom is -0.341 e. The highest BCUT2D eigenvalue weighted by Crippen LogP contribution is 2.10. The van der Waals surface area contributed by atoms with Crippen LogP contribution in [0, 0.1) is 0 Å². The van der Waals surface area contributed by atoms with Crippen molar-refractivity contribution < 1.29 is 4.79 Å². The van der Waals surface area contributed by atoms with Crippen LogP contribution in [-0.2, 0) is 18.3 Å². The number of nitrogens with zero attached hydrogens (tertiary/aromatic N) is 3. The molecule has 20 heavy (non-hydrogen) atoms. The Kier molecular flexibility index (Phi) is 5.59. The molecule has 1 amide bonds. The van der Waals surface area contributed by atoms with Crippen LogP contribution >= 0.6 is 0 Å². The van der Waals surface area contributed by atoms with Gasteiger partial charge in [-0.05, 0) is 31.7 Å². The van der Waals surface area contributed by atoms with Crippen LogP contribution in [0.3, 0.4) is 0 Å². The van der Waals surface area contributed by atoms with E-state index in [4.69, 9.17) is 0 Å². The maximum absolute atomic E-state index is 12.3. The Hall–Kier alpha value is -1.36. The molecule has 112 valence electrons. The van der Waals surface area contributed by atoms with Crippen molar-refractivity contribution in [3.63, 3.8) is 0 Å². The van der Waals surface area contributed by atoms with Gasteiger partial charge >= 0.3 is 0 Å². The molecule has 0 radical (unpaired) electrons. The van der Waals surface area contributed by atoms with Crippen LogP contribution in [0.25, 0.3) is 0 Å². The second kappa shape index (κ2) is 7.43. The molecule has 1 aromatic heterocycles. The van der Waals surface area contributed by atoms with Gasteiger partial charge in [0.2, 0.25) is 5.91 Å². The Bertz CT molecular complexity index is 421. The van der Waals surface area contributed by atoms with Crippen LogP contribution in [-0.4, -0.2) is 46.3 Å². The lowest BCUT2D eigenvalue weighted by molar-refractivity contribution is -0.133. The summed E-state index contributed by atoms with van der Waals surface area (Å²) in [7, 11) is 1.92. The van der Waals surface area contributed by atoms with Crippen molar-refractivity contribution in [3.8, 4) is 0 Å². The molecule has 1 fully saturated rings. The highest BCUT2D eigenvalue weighted by Gasteiger charge is 2.20. The molecule has 2 rings (SSSR count). The van der Waals surface area contributed by atoms with Crippen molar-refractivity contribution in [2.24, 2.45) is 7.05 Å². The molecule has 0 bridgehead atoms. The van der Waals surface area contributed by atoms with Crippen LogP contribution in [0.15, 0.2) is 12.4 Å². The summed E-state index contributed by atoms with van der Waals surface area (Å²) in [5, 5.41) is 7.48. The maximum Gasteiger partial charge on any atom is 0.239 e. The Balaban J connectivity index is 1.73. The van der Waals surface area contributed by atoms with Crippen molar-refractivity contribution in [3.05, 3.63) is 18.0 Å². The fourth-order valence-corrected chi connectivity index (χ4v) is 2.69. The summed E-state index contributed by atoms with van der Waals surface area (Å²) in [6, 6.07) is -0.0928. The number of hydrogen-bond acceptors (Lipinski definition) is 3. The first-order valence-electron chi connectivity index (χ1n) is 7.66. The Labute approximate surface area is 121 Å². The predicted molar refractivity (Wildman–Crippen MR) is 79.4 cm³/mol. The lowest BCUT2D eigenvalue weighted by Crippen LogP contribution is -2.45. The van der Waals surface area contributed by atoms with Crippen molar-refractivity contribution >= 4 is 5.91 Å². The predicted octanol–water partition coefficient (Wildman–Crippen LogP) is 1.34. The van der Waals surface area contributed by atoms with E-state index in [0.717, 1.165) is 38.9 Å². The number of aromatic nitrogens is 2. The summed E-state index contributed by atoms with van der Waals surface area (Å²) in [6.07, 6.45) is 9.61. The van der Waals surface area contributed by atoms with Gasteiger partial charge in [0.1, 0.15) is 0 Å². The molecule has 1 unspecified atom stereocenters. The van der Waals surface area contributed by atoms with E-state index in [1.165, 1.54) is 18.4 Å². The van der Waals surface area contributed by atoms with Crippen LogP contribution < -0.4 is 5.32 Å². The average molecular weight is 278 g/mol. The zero-order chi connectivity index (χ0) is 14.4. The third-order valence-corrected chi connectivity index (χ3v) is 3.91. The van der Waals surface area contributed by atoms with Gasteiger partial charge in [-0.25, -0.2) is 0 Å². The van der Waals surface area contributed by atoms with Gasteiger partial charge in [-0.1, -0.05) is 12.8 Å². The second-order valence-electron chi connectivity index (χ2n) is 5.69. The summed E-state index contributed by atoms with van der Waals surface area (Å²) in [5.74, 6) is 0.248. The molecule has 1 aliphatic heterocycles. The van der Waals surface area contributed by atoms with E-state index in [2.05, 4.69) is 10.4 Å². The molecular weight excluding hydrogens is 252 g/mol. The van der Waals surface area contributed by atoms with E-state index in [1.807, 2.05) is 31.3 Å². The smallest absolute Gasteiger partial charge is 0.239 e. The molecule has 1 aliphatic rings. The third kappa shape index (κ3) is 4.34. The molecule has 5 heteroatoms. The monoisotopic (exact) mass is 278 g/mol. The highest BCUT2D eigenvalue weighted by atomic mass is 16.2. The van der Waals surface area contributed by atoms with Gasteiger partial charge in [-0.2, -0.15) is 5.10 Å². The Morgan fingerprint density at radius 1 is 1.35 bits per heavy atom. The number of likely N-dealkylation sites (tertiary alicyclic amines) is 1. The molecule has 5 nitrogen and oxygen atoms in total. The Morgan fingerprint density at radius 2 is 2.05 bits per heavy atom. The topological polar surface area (TPSA) is 50.2 Å². The van der Waals surface area contributed by atoms with Gasteiger partial charge in [0.15, 0.2) is 0 Å². The highest BCUT2D eigenvalue weighted by molar-refractivity contribution is 5.81. The number of carbonyl (C=O) groups excluding carboxylic acids is 1. The number of carbonyl (C=O) groups is 1. The van der Waals surface area contributed by atoms with E-state index in [0.29, 0.717) is 0 Å². The first-order chi connectivity index (χ1) is 9.66. The largest absolute Gasteiger partial charge is 0.341 e. The van der Waals surface area contributed by atoms with E-state index in [9.17, 15) is 4.79 Å². The van der Waals surface area contributed by atoms with E-state index >= 15 is 0 Å². The summed E-state index contributed by atoms with van der Waals surface area (Å²) in [4.78, 5) is 14.4. The SMILES string of the molecule is CC(NCCc1cnn(C)c1)C(=O)N1CCCCCC1. The van der Waals surface area contributed by atoms with Gasteiger partial charge in [0, 0.05) is 32.9 Å². The van der Waals surface area contributed by atoms with Crippen molar-refractivity contribution in [1.82, 2.24) is 20.0 Å². The molecule has 0 aromatic carbocycles. The number of rotatable bonds is 5. The first kappa shape index (κ1) is 15.0. The number of aryl methyl sites for hydroxylation is 1. The molecule has 0 saturated carbocycles. The minimum atomic E-state index is -0.0928. The minimum absolute atomic E-state index is 0.0928. The maximum atomic E-state index is 12.3. The zero-order valence-corrected chi connectivity index (χ0v) is 12.6. The van der Waals surface area contributed by atoms with Gasteiger partial charge in [-0.3, -0.25) is 9.48 Å². The third-order valence-electron chi connectivity index (χ3n) is 3.91. The fourth-order valence-electron chi connectivity index (χ4n) is 2.69. The van der Waals surface area contributed by atoms with Crippen LogP contribution in [0.2, 0.25) is 0 Å². The first-order valence-corrected chi connectivity index (χ1v) is 7.66. The van der Waals surface area contributed by atoms with E-state index in [1.54, 1.807) is 4.68 Å². The summed E-state index contributed by atoms with van der Waals surface area (Å²) in [5.41, 5.74) is 1.20. The average Bonchev–Trinajstić information content (AvgIpc) is 2.68. The van der Waals surface area contributed by atoms with E-state index < -0.39 is 0 Å². The molecule has 1 N–H and O–H groups in total. The van der Waals surface area contributed by atoms with Gasteiger partial charge in [0.25, 0.3) is 0 Å². The lowest BCUT2D eigenvalue weighted by atomic mass is 10.2. The molecular formula is C15H26N4O. The number of amides is 1. The molecule has 1 saturated heterocycles. The van der Waals surface area contributed by atoms with Crippen LogP contribution in [0.5, 0.6) is 0 Å². The van der Waals surface area contributed by atoms with Crippen LogP contribution in [0.1, 0.15) is 38.2 Å². The number of nitrogens with one attached hydrogen (secondary N) is 1. The Morgan fingerprint density at radius 3 is 2.65 bits per heavy atom. The molecule has 0 aliphatic carbocycles. The summed E-state index contributed by atoms with van der Waals surface area (Å²) >= 11 is 0. The molecule has 2 heterocycles. The molecule has 1 aromatic rings. The standard InChI is InChI=1S/C15H26N4O/c1-13(15(20)19-9-5-3-4-6-10-19)16-8-7-14-11-17-18(2)12-14/h11-13,16H,3-10H2,1-2H3.